The predicted octanol–water partition coefficient (Wildman–Crippen LogP) is 3.66. The van der Waals surface area contributed by atoms with Gasteiger partial charge in [-0.05, 0) is 24.1 Å². The minimum atomic E-state index is -0.473. The molecule has 2 aromatic rings. The Morgan fingerprint density at radius 1 is 1.44 bits per heavy atom. The summed E-state index contributed by atoms with van der Waals surface area (Å²) < 4.78 is 14.8. The van der Waals surface area contributed by atoms with Crippen LogP contribution in [-0.2, 0) is 0 Å². The minimum Gasteiger partial charge on any atom is -0.236 e. The first-order chi connectivity index (χ1) is 8.54. The summed E-state index contributed by atoms with van der Waals surface area (Å²) in [6, 6.07) is 6.47. The van der Waals surface area contributed by atoms with Gasteiger partial charge in [0.2, 0.25) is 0 Å². The van der Waals surface area contributed by atoms with Crippen LogP contribution in [0.5, 0.6) is 0 Å². The molecule has 0 unspecified atom stereocenters. The molecule has 0 bridgehead atoms. The van der Waals surface area contributed by atoms with E-state index in [1.54, 1.807) is 10.7 Å². The van der Waals surface area contributed by atoms with Crippen LogP contribution in [0.2, 0.25) is 5.02 Å². The fraction of sp³-hybridized carbons (Fsp3) is 0.231. The van der Waals surface area contributed by atoms with E-state index in [0.29, 0.717) is 11.3 Å². The molecule has 92 valence electrons. The Morgan fingerprint density at radius 2 is 2.17 bits per heavy atom. The van der Waals surface area contributed by atoms with Gasteiger partial charge in [0.15, 0.2) is 0 Å². The molecule has 18 heavy (non-hydrogen) atoms. The van der Waals surface area contributed by atoms with Crippen molar-refractivity contribution < 1.29 is 4.39 Å². The van der Waals surface area contributed by atoms with E-state index in [9.17, 15) is 4.39 Å². The molecular formula is C13H11ClFN3. The van der Waals surface area contributed by atoms with Crippen LogP contribution in [0.1, 0.15) is 31.0 Å². The summed E-state index contributed by atoms with van der Waals surface area (Å²) in [7, 11) is 0. The number of nitrogens with zero attached hydrogens (tertiary/aromatic N) is 3. The van der Waals surface area contributed by atoms with Gasteiger partial charge in [0.25, 0.3) is 0 Å². The van der Waals surface area contributed by atoms with Crippen molar-refractivity contribution in [1.82, 2.24) is 9.78 Å². The highest BCUT2D eigenvalue weighted by Gasteiger charge is 2.16. The molecule has 3 nitrogen and oxygen atoms in total. The van der Waals surface area contributed by atoms with Crippen molar-refractivity contribution in [1.29, 1.82) is 5.26 Å². The second-order valence-corrected chi connectivity index (χ2v) is 4.63. The quantitative estimate of drug-likeness (QED) is 0.830. The number of rotatable bonds is 2. The lowest BCUT2D eigenvalue weighted by Crippen LogP contribution is -2.05. The maximum Gasteiger partial charge on any atom is 0.141 e. The predicted molar refractivity (Wildman–Crippen MR) is 67.3 cm³/mol. The van der Waals surface area contributed by atoms with Gasteiger partial charge in [-0.1, -0.05) is 25.4 Å². The highest BCUT2D eigenvalue weighted by molar-refractivity contribution is 6.30. The highest BCUT2D eigenvalue weighted by atomic mass is 35.5. The third kappa shape index (κ3) is 2.09. The molecule has 5 heteroatoms. The summed E-state index contributed by atoms with van der Waals surface area (Å²) in [6.45, 7) is 3.94. The largest absolute Gasteiger partial charge is 0.236 e. The lowest BCUT2D eigenvalue weighted by molar-refractivity contribution is 0.627. The topological polar surface area (TPSA) is 41.6 Å². The van der Waals surface area contributed by atoms with E-state index in [-0.39, 0.29) is 10.9 Å². The molecule has 1 aromatic heterocycles. The van der Waals surface area contributed by atoms with Crippen molar-refractivity contribution in [2.75, 3.05) is 0 Å². The molecule has 0 aliphatic heterocycles. The SMILES string of the molecule is CC(C)c1c(C#N)cnn1-c1ccc(F)c(Cl)c1. The zero-order valence-corrected chi connectivity index (χ0v) is 10.7. The standard InChI is InChI=1S/C13H11ClFN3/c1-8(2)13-9(6-16)7-17-18(13)10-3-4-12(15)11(14)5-10/h3-5,7-8H,1-2H3. The van der Waals surface area contributed by atoms with Crippen LogP contribution in [0, 0.1) is 17.1 Å². The van der Waals surface area contributed by atoms with E-state index >= 15 is 0 Å². The maximum atomic E-state index is 13.1. The monoisotopic (exact) mass is 263 g/mol. The van der Waals surface area contributed by atoms with Crippen molar-refractivity contribution in [2.24, 2.45) is 0 Å². The first-order valence-electron chi connectivity index (χ1n) is 5.48. The van der Waals surface area contributed by atoms with E-state index in [0.717, 1.165) is 5.69 Å². The number of halogens is 2. The molecule has 0 spiro atoms. The molecule has 0 atom stereocenters. The van der Waals surface area contributed by atoms with Crippen LogP contribution >= 0.6 is 11.6 Å². The third-order valence-electron chi connectivity index (χ3n) is 2.62. The van der Waals surface area contributed by atoms with Gasteiger partial charge in [-0.2, -0.15) is 10.4 Å². The Bertz CT molecular complexity index is 626. The summed E-state index contributed by atoms with van der Waals surface area (Å²) in [6.07, 6.45) is 1.51. The first-order valence-corrected chi connectivity index (χ1v) is 5.86. The Labute approximate surface area is 109 Å². The zero-order chi connectivity index (χ0) is 13.3. The van der Waals surface area contributed by atoms with Gasteiger partial charge in [0.05, 0.1) is 28.2 Å². The van der Waals surface area contributed by atoms with Gasteiger partial charge < -0.3 is 0 Å². The second kappa shape index (κ2) is 4.79. The third-order valence-corrected chi connectivity index (χ3v) is 2.91. The van der Waals surface area contributed by atoms with Crippen molar-refractivity contribution in [3.05, 3.63) is 46.5 Å². The average Bonchev–Trinajstić information content (AvgIpc) is 2.76. The molecule has 0 radical (unpaired) electrons. The van der Waals surface area contributed by atoms with Crippen LogP contribution in [-0.4, -0.2) is 9.78 Å². The highest BCUT2D eigenvalue weighted by Crippen LogP contribution is 2.25. The molecule has 1 heterocycles. The van der Waals surface area contributed by atoms with Crippen LogP contribution in [0.25, 0.3) is 5.69 Å². The van der Waals surface area contributed by atoms with Gasteiger partial charge in [-0.25, -0.2) is 9.07 Å². The number of aromatic nitrogens is 2. The molecule has 1 aromatic carbocycles. The maximum absolute atomic E-state index is 13.1. The number of hydrogen-bond acceptors (Lipinski definition) is 2. The average molecular weight is 264 g/mol. The Morgan fingerprint density at radius 3 is 2.72 bits per heavy atom. The summed E-state index contributed by atoms with van der Waals surface area (Å²) in [5.41, 5.74) is 1.96. The van der Waals surface area contributed by atoms with Crippen LogP contribution in [0.15, 0.2) is 24.4 Å². The summed E-state index contributed by atoms with van der Waals surface area (Å²) in [5.74, 6) is -0.342. The number of hydrogen-bond donors (Lipinski definition) is 0. The zero-order valence-electron chi connectivity index (χ0n) is 9.98. The molecule has 0 fully saturated rings. The molecular weight excluding hydrogens is 253 g/mol. The normalized spacial score (nSPS) is 10.7. The van der Waals surface area contributed by atoms with Gasteiger partial charge in [-0.15, -0.1) is 0 Å². The van der Waals surface area contributed by atoms with Gasteiger partial charge in [0, 0.05) is 0 Å². The van der Waals surface area contributed by atoms with E-state index in [4.69, 9.17) is 16.9 Å². The molecule has 0 aliphatic carbocycles. The molecule has 0 saturated carbocycles. The van der Waals surface area contributed by atoms with E-state index in [2.05, 4.69) is 11.2 Å². The lowest BCUT2D eigenvalue weighted by atomic mass is 10.1. The fourth-order valence-corrected chi connectivity index (χ4v) is 2.00. The molecule has 0 saturated heterocycles. The van der Waals surface area contributed by atoms with E-state index < -0.39 is 5.82 Å². The molecule has 0 N–H and O–H groups in total. The molecule has 0 amide bonds. The van der Waals surface area contributed by atoms with Crippen LogP contribution < -0.4 is 0 Å². The van der Waals surface area contributed by atoms with E-state index in [1.165, 1.54) is 18.3 Å². The number of benzene rings is 1. The minimum absolute atomic E-state index is 0.0382. The van der Waals surface area contributed by atoms with Crippen LogP contribution in [0.3, 0.4) is 0 Å². The van der Waals surface area contributed by atoms with Gasteiger partial charge >= 0.3 is 0 Å². The summed E-state index contributed by atoms with van der Waals surface area (Å²) in [5, 5.41) is 13.2. The molecule has 0 aliphatic rings. The summed E-state index contributed by atoms with van der Waals surface area (Å²) >= 11 is 5.76. The van der Waals surface area contributed by atoms with Crippen molar-refractivity contribution in [3.63, 3.8) is 0 Å². The van der Waals surface area contributed by atoms with E-state index in [1.807, 2.05) is 13.8 Å². The second-order valence-electron chi connectivity index (χ2n) is 4.22. The Balaban J connectivity index is 2.61. The van der Waals surface area contributed by atoms with Gasteiger partial charge in [0.1, 0.15) is 11.9 Å². The van der Waals surface area contributed by atoms with Crippen molar-refractivity contribution in [3.8, 4) is 11.8 Å². The van der Waals surface area contributed by atoms with Crippen LogP contribution in [0.4, 0.5) is 4.39 Å². The fourth-order valence-electron chi connectivity index (χ4n) is 1.82. The van der Waals surface area contributed by atoms with Gasteiger partial charge in [-0.3, -0.25) is 0 Å². The lowest BCUT2D eigenvalue weighted by Gasteiger charge is -2.11. The summed E-state index contributed by atoms with van der Waals surface area (Å²) in [4.78, 5) is 0. The van der Waals surface area contributed by atoms with Crippen molar-refractivity contribution in [2.45, 2.75) is 19.8 Å². The molecule has 2 rings (SSSR count). The first kappa shape index (κ1) is 12.6. The smallest absolute Gasteiger partial charge is 0.141 e. The Hall–Kier alpha value is -1.86. The Kier molecular flexibility index (Phi) is 3.35. The number of nitriles is 1. The van der Waals surface area contributed by atoms with Crippen molar-refractivity contribution >= 4 is 11.6 Å².